The number of ether oxygens (including phenoxy) is 1. The topological polar surface area (TPSA) is 84.7 Å². The number of nitrogens with two attached hydrogens (primary N) is 1. The number of carbonyl (C=O) groups is 2. The summed E-state index contributed by atoms with van der Waals surface area (Å²) in [5, 5.41) is 4.11. The predicted molar refractivity (Wildman–Crippen MR) is 93.7 cm³/mol. The maximum atomic E-state index is 11.8. The number of nitrogens with one attached hydrogen (secondary N) is 1. The van der Waals surface area contributed by atoms with Gasteiger partial charge in [0.1, 0.15) is 12.4 Å². The molecular formula is C17H21N3O3S. The van der Waals surface area contributed by atoms with E-state index in [4.69, 9.17) is 10.5 Å². The van der Waals surface area contributed by atoms with Gasteiger partial charge in [0, 0.05) is 11.4 Å². The lowest BCUT2D eigenvalue weighted by molar-refractivity contribution is -0.124. The van der Waals surface area contributed by atoms with Crippen molar-refractivity contribution in [1.29, 1.82) is 0 Å². The summed E-state index contributed by atoms with van der Waals surface area (Å²) in [5.41, 5.74) is 6.00. The fourth-order valence-corrected chi connectivity index (χ4v) is 2.71. The third-order valence-electron chi connectivity index (χ3n) is 3.60. The number of nitrogens with zero attached hydrogens (tertiary/aromatic N) is 1. The molecule has 7 heteroatoms. The highest BCUT2D eigenvalue weighted by molar-refractivity contribution is 7.09. The molecule has 2 aromatic rings. The van der Waals surface area contributed by atoms with Gasteiger partial charge in [0.25, 0.3) is 0 Å². The molecule has 128 valence electrons. The summed E-state index contributed by atoms with van der Waals surface area (Å²) in [6, 6.07) is 10.5. The highest BCUT2D eigenvalue weighted by atomic mass is 32.1. The highest BCUT2D eigenvalue weighted by Crippen LogP contribution is 2.17. The molecule has 1 heterocycles. The molecule has 0 aliphatic heterocycles. The molecule has 0 aliphatic rings. The van der Waals surface area contributed by atoms with E-state index in [1.807, 2.05) is 53.7 Å². The summed E-state index contributed by atoms with van der Waals surface area (Å²) in [4.78, 5) is 25.5. The lowest BCUT2D eigenvalue weighted by Gasteiger charge is -2.23. The summed E-state index contributed by atoms with van der Waals surface area (Å²) < 4.78 is 5.72. The Hall–Kier alpha value is -2.38. The Labute approximate surface area is 145 Å². The van der Waals surface area contributed by atoms with Gasteiger partial charge in [-0.05, 0) is 43.1 Å². The number of hydrogen-bond acceptors (Lipinski definition) is 5. The van der Waals surface area contributed by atoms with E-state index in [0.717, 1.165) is 11.3 Å². The van der Waals surface area contributed by atoms with E-state index in [9.17, 15) is 9.59 Å². The Morgan fingerprint density at radius 2 is 2.00 bits per heavy atom. The van der Waals surface area contributed by atoms with Crippen LogP contribution < -0.4 is 15.8 Å². The molecule has 6 nitrogen and oxygen atoms in total. The van der Waals surface area contributed by atoms with Gasteiger partial charge in [-0.3, -0.25) is 15.0 Å². The number of thiophene rings is 1. The van der Waals surface area contributed by atoms with Crippen molar-refractivity contribution in [2.24, 2.45) is 5.73 Å². The van der Waals surface area contributed by atoms with Gasteiger partial charge < -0.3 is 10.5 Å². The maximum Gasteiger partial charge on any atom is 0.318 e. The fraction of sp³-hybridized carbons (Fsp3) is 0.294. The highest BCUT2D eigenvalue weighted by Gasteiger charge is 2.19. The number of primary amides is 1. The van der Waals surface area contributed by atoms with Crippen LogP contribution in [0.1, 0.15) is 17.4 Å². The van der Waals surface area contributed by atoms with Crippen LogP contribution in [0.25, 0.3) is 0 Å². The Balaban J connectivity index is 1.86. The number of benzene rings is 1. The van der Waals surface area contributed by atoms with Gasteiger partial charge in [-0.15, -0.1) is 11.3 Å². The molecule has 0 saturated heterocycles. The van der Waals surface area contributed by atoms with E-state index in [-0.39, 0.29) is 0 Å². The first-order chi connectivity index (χ1) is 11.5. The van der Waals surface area contributed by atoms with E-state index in [1.54, 1.807) is 18.3 Å². The van der Waals surface area contributed by atoms with Crippen LogP contribution in [0.3, 0.4) is 0 Å². The quantitative estimate of drug-likeness (QED) is 0.805. The van der Waals surface area contributed by atoms with Crippen LogP contribution in [0, 0.1) is 0 Å². The van der Waals surface area contributed by atoms with E-state index in [1.165, 1.54) is 4.88 Å². The van der Waals surface area contributed by atoms with Crippen LogP contribution in [0.15, 0.2) is 41.8 Å². The first-order valence-electron chi connectivity index (χ1n) is 7.50. The average molecular weight is 347 g/mol. The zero-order valence-corrected chi connectivity index (χ0v) is 14.5. The molecule has 0 aliphatic carbocycles. The SMILES string of the molecule is CC(C(=O)NC(N)=O)N(C)Cc1ccc(OCc2cccs2)cc1. The normalized spacial score (nSPS) is 12.0. The average Bonchev–Trinajstić information content (AvgIpc) is 3.06. The monoisotopic (exact) mass is 347 g/mol. The molecule has 0 fully saturated rings. The summed E-state index contributed by atoms with van der Waals surface area (Å²) in [7, 11) is 1.81. The number of likely N-dealkylation sites (N-methyl/N-ethyl adjacent to an activating group) is 1. The molecule has 0 bridgehead atoms. The lowest BCUT2D eigenvalue weighted by atomic mass is 10.2. The maximum absolute atomic E-state index is 11.8. The van der Waals surface area contributed by atoms with Crippen LogP contribution in [0.5, 0.6) is 5.75 Å². The third-order valence-corrected chi connectivity index (χ3v) is 4.45. The van der Waals surface area contributed by atoms with Crippen molar-refractivity contribution < 1.29 is 14.3 Å². The van der Waals surface area contributed by atoms with Gasteiger partial charge in [-0.1, -0.05) is 18.2 Å². The second-order valence-corrected chi connectivity index (χ2v) is 6.49. The number of rotatable bonds is 7. The number of imide groups is 1. The molecule has 0 radical (unpaired) electrons. The van der Waals surface area contributed by atoms with Crippen molar-refractivity contribution in [3.8, 4) is 5.75 Å². The first kappa shape index (κ1) is 18.0. The zero-order valence-electron chi connectivity index (χ0n) is 13.7. The van der Waals surface area contributed by atoms with Crippen LogP contribution in [-0.2, 0) is 17.9 Å². The van der Waals surface area contributed by atoms with Gasteiger partial charge in [0.2, 0.25) is 5.91 Å². The second-order valence-electron chi connectivity index (χ2n) is 5.46. The second kappa shape index (κ2) is 8.47. The van der Waals surface area contributed by atoms with Gasteiger partial charge in [0.15, 0.2) is 0 Å². The molecule has 0 spiro atoms. The van der Waals surface area contributed by atoms with Gasteiger partial charge in [-0.25, -0.2) is 4.79 Å². The number of carbonyl (C=O) groups excluding carboxylic acids is 2. The number of hydrogen-bond donors (Lipinski definition) is 2. The third kappa shape index (κ3) is 5.36. The molecule has 0 saturated carbocycles. The number of amides is 3. The van der Waals surface area contributed by atoms with Crippen molar-refractivity contribution in [2.75, 3.05) is 7.05 Å². The minimum absolute atomic E-state index is 0.416. The number of urea groups is 1. The Morgan fingerprint density at radius 3 is 2.58 bits per heavy atom. The van der Waals surface area contributed by atoms with Gasteiger partial charge in [0.05, 0.1) is 6.04 Å². The van der Waals surface area contributed by atoms with Crippen LogP contribution in [0.2, 0.25) is 0 Å². The van der Waals surface area contributed by atoms with Crippen molar-refractivity contribution in [1.82, 2.24) is 10.2 Å². The summed E-state index contributed by atoms with van der Waals surface area (Å²) >= 11 is 1.66. The molecule has 24 heavy (non-hydrogen) atoms. The molecule has 3 N–H and O–H groups in total. The zero-order chi connectivity index (χ0) is 17.5. The van der Waals surface area contributed by atoms with E-state index in [0.29, 0.717) is 13.2 Å². The molecule has 1 aromatic heterocycles. The first-order valence-corrected chi connectivity index (χ1v) is 8.38. The van der Waals surface area contributed by atoms with E-state index >= 15 is 0 Å². The smallest absolute Gasteiger partial charge is 0.318 e. The summed E-state index contributed by atoms with van der Waals surface area (Å²) in [6.07, 6.45) is 0. The Morgan fingerprint density at radius 1 is 1.29 bits per heavy atom. The molecule has 1 aromatic carbocycles. The standard InChI is InChI=1S/C17H21N3O3S/c1-12(16(21)19-17(18)22)20(2)10-13-5-7-14(8-6-13)23-11-15-4-3-9-24-15/h3-9,12H,10-11H2,1-2H3,(H3,18,19,21,22). The van der Waals surface area contributed by atoms with Crippen LogP contribution >= 0.6 is 11.3 Å². The van der Waals surface area contributed by atoms with E-state index in [2.05, 4.69) is 5.32 Å². The molecule has 2 rings (SSSR count). The summed E-state index contributed by atoms with van der Waals surface area (Å²) in [5.74, 6) is 0.384. The van der Waals surface area contributed by atoms with Gasteiger partial charge in [-0.2, -0.15) is 0 Å². The van der Waals surface area contributed by atoms with Crippen molar-refractivity contribution >= 4 is 23.3 Å². The van der Waals surface area contributed by atoms with Crippen LogP contribution in [-0.4, -0.2) is 29.9 Å². The summed E-state index contributed by atoms with van der Waals surface area (Å²) in [6.45, 7) is 2.84. The predicted octanol–water partition coefficient (Wildman–Crippen LogP) is 2.34. The van der Waals surface area contributed by atoms with E-state index < -0.39 is 18.0 Å². The Kier molecular flexibility index (Phi) is 6.34. The molecular weight excluding hydrogens is 326 g/mol. The largest absolute Gasteiger partial charge is 0.488 e. The van der Waals surface area contributed by atoms with Crippen molar-refractivity contribution in [3.63, 3.8) is 0 Å². The molecule has 1 atom stereocenters. The van der Waals surface area contributed by atoms with Crippen molar-refractivity contribution in [3.05, 3.63) is 52.2 Å². The molecule has 3 amide bonds. The van der Waals surface area contributed by atoms with Crippen molar-refractivity contribution in [2.45, 2.75) is 26.1 Å². The minimum Gasteiger partial charge on any atom is -0.488 e. The lowest BCUT2D eigenvalue weighted by Crippen LogP contribution is -2.46. The minimum atomic E-state index is -0.840. The fourth-order valence-electron chi connectivity index (χ4n) is 2.09. The Bertz CT molecular complexity index is 671. The van der Waals surface area contributed by atoms with Gasteiger partial charge >= 0.3 is 6.03 Å². The van der Waals surface area contributed by atoms with Crippen LogP contribution in [0.4, 0.5) is 4.79 Å². The molecule has 1 unspecified atom stereocenters.